The number of hydrogen-bond donors (Lipinski definition) is 1. The first-order valence-corrected chi connectivity index (χ1v) is 7.95. The second-order valence-electron chi connectivity index (χ2n) is 6.28. The monoisotopic (exact) mass is 304 g/mol. The lowest BCUT2D eigenvalue weighted by Crippen LogP contribution is -2.43. The van der Waals surface area contributed by atoms with Crippen LogP contribution in [0.1, 0.15) is 30.4 Å². The van der Waals surface area contributed by atoms with E-state index in [1.165, 1.54) is 11.1 Å². The zero-order valence-electron chi connectivity index (χ0n) is 13.3. The quantitative estimate of drug-likeness (QED) is 0.932. The van der Waals surface area contributed by atoms with Crippen LogP contribution >= 0.6 is 0 Å². The number of carbonyl (C=O) groups excluding carboxylic acids is 1. The van der Waals surface area contributed by atoms with E-state index in [-0.39, 0.29) is 6.03 Å². The van der Waals surface area contributed by atoms with E-state index in [4.69, 9.17) is 9.47 Å². The van der Waals surface area contributed by atoms with E-state index in [1.807, 2.05) is 0 Å². The molecule has 0 saturated carbocycles. The molecule has 1 aromatic carbocycles. The largest absolute Gasteiger partial charge is 0.346 e. The van der Waals surface area contributed by atoms with Gasteiger partial charge in [0.05, 0.1) is 19.8 Å². The van der Waals surface area contributed by atoms with Crippen molar-refractivity contribution in [2.75, 3.05) is 32.8 Å². The van der Waals surface area contributed by atoms with Crippen molar-refractivity contribution in [2.24, 2.45) is 0 Å². The number of urea groups is 1. The fourth-order valence-corrected chi connectivity index (χ4v) is 3.11. The zero-order chi connectivity index (χ0) is 15.6. The first-order valence-electron chi connectivity index (χ1n) is 7.95. The number of aryl methyl sites for hydroxylation is 1. The molecule has 5 heteroatoms. The van der Waals surface area contributed by atoms with Gasteiger partial charge in [-0.15, -0.1) is 0 Å². The van der Waals surface area contributed by atoms with Gasteiger partial charge < -0.3 is 19.7 Å². The van der Waals surface area contributed by atoms with Crippen LogP contribution in [0.5, 0.6) is 0 Å². The smallest absolute Gasteiger partial charge is 0.317 e. The molecular formula is C17H24N2O3. The predicted molar refractivity (Wildman–Crippen MR) is 83.8 cm³/mol. The molecule has 1 aromatic rings. The third-order valence-electron chi connectivity index (χ3n) is 4.47. The zero-order valence-corrected chi connectivity index (χ0v) is 13.3. The van der Waals surface area contributed by atoms with Crippen LogP contribution in [0.15, 0.2) is 24.3 Å². The summed E-state index contributed by atoms with van der Waals surface area (Å²) in [6, 6.07) is 8.38. The normalized spacial score (nSPS) is 21.3. The van der Waals surface area contributed by atoms with Crippen molar-refractivity contribution in [3.63, 3.8) is 0 Å². The molecule has 1 N–H and O–H groups in total. The molecule has 2 aliphatic heterocycles. The summed E-state index contributed by atoms with van der Waals surface area (Å²) in [6.45, 7) is 7.30. The molecule has 0 aromatic heterocycles. The molecule has 2 amide bonds. The molecule has 3 rings (SSSR count). The van der Waals surface area contributed by atoms with E-state index in [9.17, 15) is 4.79 Å². The Bertz CT molecular complexity index is 540. The maximum absolute atomic E-state index is 12.3. The van der Waals surface area contributed by atoms with Crippen LogP contribution in [-0.2, 0) is 9.47 Å². The lowest BCUT2D eigenvalue weighted by atomic mass is 9.99. The van der Waals surface area contributed by atoms with Crippen molar-refractivity contribution in [2.45, 2.75) is 32.0 Å². The Balaban J connectivity index is 1.50. The minimum atomic E-state index is -0.542. The number of ether oxygens (including phenoxy) is 2. The van der Waals surface area contributed by atoms with Gasteiger partial charge in [0.1, 0.15) is 0 Å². The Morgan fingerprint density at radius 1 is 1.41 bits per heavy atom. The SMILES string of the molecule is Cc1cccc([C@H](C)CNC(=O)N2CCC3(C2)OCCO3)c1. The van der Waals surface area contributed by atoms with Gasteiger partial charge in [0.25, 0.3) is 0 Å². The van der Waals surface area contributed by atoms with Crippen LogP contribution in [0.2, 0.25) is 0 Å². The van der Waals surface area contributed by atoms with Gasteiger partial charge in [-0.1, -0.05) is 36.8 Å². The van der Waals surface area contributed by atoms with E-state index >= 15 is 0 Å². The second kappa shape index (κ2) is 6.26. The van der Waals surface area contributed by atoms with Gasteiger partial charge >= 0.3 is 6.03 Å². The maximum Gasteiger partial charge on any atom is 0.317 e. The minimum absolute atomic E-state index is 0.0320. The summed E-state index contributed by atoms with van der Waals surface area (Å²) < 4.78 is 11.3. The summed E-state index contributed by atoms with van der Waals surface area (Å²) in [5, 5.41) is 3.02. The Labute approximate surface area is 131 Å². The molecule has 2 saturated heterocycles. The summed E-state index contributed by atoms with van der Waals surface area (Å²) in [6.07, 6.45) is 0.758. The number of likely N-dealkylation sites (tertiary alicyclic amines) is 1. The van der Waals surface area contributed by atoms with Crippen molar-refractivity contribution in [3.8, 4) is 0 Å². The number of benzene rings is 1. The maximum atomic E-state index is 12.3. The molecule has 5 nitrogen and oxygen atoms in total. The molecule has 22 heavy (non-hydrogen) atoms. The summed E-state index contributed by atoms with van der Waals surface area (Å²) in [5.74, 6) is -0.251. The number of nitrogens with one attached hydrogen (secondary N) is 1. The fraction of sp³-hybridized carbons (Fsp3) is 0.588. The molecule has 2 heterocycles. The Hall–Kier alpha value is -1.59. The van der Waals surface area contributed by atoms with Gasteiger partial charge in [0.2, 0.25) is 0 Å². The summed E-state index contributed by atoms with van der Waals surface area (Å²) in [5.41, 5.74) is 2.49. The van der Waals surface area contributed by atoms with Gasteiger partial charge in [-0.25, -0.2) is 4.79 Å². The first-order chi connectivity index (χ1) is 10.6. The standard InChI is InChI=1S/C17H24N2O3/c1-13-4-3-5-15(10-13)14(2)11-18-16(20)19-7-6-17(12-19)21-8-9-22-17/h3-5,10,14H,6-9,11-12H2,1-2H3,(H,18,20)/t14-/m1/s1. The predicted octanol–water partition coefficient (Wildman–Crippen LogP) is 2.26. The van der Waals surface area contributed by atoms with Crippen molar-refractivity contribution in [1.82, 2.24) is 10.2 Å². The number of hydrogen-bond acceptors (Lipinski definition) is 3. The van der Waals surface area contributed by atoms with E-state index in [0.717, 1.165) is 6.42 Å². The van der Waals surface area contributed by atoms with Crippen molar-refractivity contribution >= 4 is 6.03 Å². The molecular weight excluding hydrogens is 280 g/mol. The number of carbonyl (C=O) groups is 1. The molecule has 0 radical (unpaired) electrons. The third-order valence-corrected chi connectivity index (χ3v) is 4.47. The second-order valence-corrected chi connectivity index (χ2v) is 6.28. The summed E-state index contributed by atoms with van der Waals surface area (Å²) >= 11 is 0. The molecule has 120 valence electrons. The molecule has 0 unspecified atom stereocenters. The minimum Gasteiger partial charge on any atom is -0.346 e. The summed E-state index contributed by atoms with van der Waals surface area (Å²) in [7, 11) is 0. The van der Waals surface area contributed by atoms with Crippen molar-refractivity contribution in [3.05, 3.63) is 35.4 Å². The van der Waals surface area contributed by atoms with Gasteiger partial charge in [0, 0.05) is 19.5 Å². The topological polar surface area (TPSA) is 50.8 Å². The average Bonchev–Trinajstić information content (AvgIpc) is 3.15. The highest BCUT2D eigenvalue weighted by Crippen LogP contribution is 2.30. The van der Waals surface area contributed by atoms with Crippen LogP contribution in [0.4, 0.5) is 4.79 Å². The van der Waals surface area contributed by atoms with Crippen LogP contribution < -0.4 is 5.32 Å². The first kappa shape index (κ1) is 15.3. The van der Waals surface area contributed by atoms with Crippen molar-refractivity contribution < 1.29 is 14.3 Å². The number of nitrogens with zero attached hydrogens (tertiary/aromatic N) is 1. The Kier molecular flexibility index (Phi) is 4.36. The Morgan fingerprint density at radius 2 is 2.18 bits per heavy atom. The van der Waals surface area contributed by atoms with E-state index < -0.39 is 5.79 Å². The molecule has 1 spiro atoms. The molecule has 2 fully saturated rings. The van der Waals surface area contributed by atoms with Gasteiger partial charge in [0.15, 0.2) is 5.79 Å². The number of amides is 2. The van der Waals surface area contributed by atoms with Crippen LogP contribution in [0, 0.1) is 6.92 Å². The van der Waals surface area contributed by atoms with Gasteiger partial charge in [-0.05, 0) is 18.4 Å². The summed E-state index contributed by atoms with van der Waals surface area (Å²) in [4.78, 5) is 14.1. The molecule has 2 aliphatic rings. The lowest BCUT2D eigenvalue weighted by Gasteiger charge is -2.23. The fourth-order valence-electron chi connectivity index (χ4n) is 3.11. The van der Waals surface area contributed by atoms with E-state index in [1.54, 1.807) is 4.90 Å². The Morgan fingerprint density at radius 3 is 2.91 bits per heavy atom. The highest BCUT2D eigenvalue weighted by molar-refractivity contribution is 5.74. The van der Waals surface area contributed by atoms with Crippen molar-refractivity contribution in [1.29, 1.82) is 0 Å². The van der Waals surface area contributed by atoms with Crippen LogP contribution in [-0.4, -0.2) is 49.6 Å². The molecule has 0 bridgehead atoms. The molecule has 1 atom stereocenters. The van der Waals surface area contributed by atoms with Crippen LogP contribution in [0.25, 0.3) is 0 Å². The van der Waals surface area contributed by atoms with Gasteiger partial charge in [-0.3, -0.25) is 0 Å². The van der Waals surface area contributed by atoms with E-state index in [2.05, 4.69) is 43.4 Å². The molecule has 0 aliphatic carbocycles. The average molecular weight is 304 g/mol. The van der Waals surface area contributed by atoms with Gasteiger partial charge in [-0.2, -0.15) is 0 Å². The highest BCUT2D eigenvalue weighted by Gasteiger charge is 2.44. The van der Waals surface area contributed by atoms with Crippen LogP contribution in [0.3, 0.4) is 0 Å². The van der Waals surface area contributed by atoms with E-state index in [0.29, 0.717) is 38.8 Å². The number of rotatable bonds is 3. The lowest BCUT2D eigenvalue weighted by molar-refractivity contribution is -0.143. The highest BCUT2D eigenvalue weighted by atomic mass is 16.7. The third kappa shape index (κ3) is 3.25.